The second-order valence-corrected chi connectivity index (χ2v) is 5.48. The van der Waals surface area contributed by atoms with Crippen molar-refractivity contribution in [3.8, 4) is 5.75 Å². The number of benzene rings is 2. The van der Waals surface area contributed by atoms with Gasteiger partial charge in [0.2, 0.25) is 0 Å². The summed E-state index contributed by atoms with van der Waals surface area (Å²) < 4.78 is 10.2. The molecule has 0 unspecified atom stereocenters. The fraction of sp³-hybridized carbons (Fsp3) is 0.167. The Balaban J connectivity index is 2.50. The van der Waals surface area contributed by atoms with Crippen LogP contribution in [0, 0.1) is 0 Å². The fourth-order valence-electron chi connectivity index (χ4n) is 2.07. The summed E-state index contributed by atoms with van der Waals surface area (Å²) in [5.41, 5.74) is 2.32. The zero-order valence-corrected chi connectivity index (χ0v) is 14.3. The number of carbonyl (C=O) groups is 1. The summed E-state index contributed by atoms with van der Waals surface area (Å²) in [5, 5.41) is 0.882. The minimum Gasteiger partial charge on any atom is -0.497 e. The zero-order chi connectivity index (χ0) is 16.8. The molecule has 0 saturated heterocycles. The second kappa shape index (κ2) is 8.04. The molecule has 23 heavy (non-hydrogen) atoms. The van der Waals surface area contributed by atoms with Gasteiger partial charge in [-0.15, -0.1) is 0 Å². The molecule has 0 aliphatic heterocycles. The highest BCUT2D eigenvalue weighted by Gasteiger charge is 2.11. The van der Waals surface area contributed by atoms with Crippen molar-refractivity contribution in [3.05, 3.63) is 69.7 Å². The molecule has 3 nitrogen and oxygen atoms in total. The summed E-state index contributed by atoms with van der Waals surface area (Å²) >= 11 is 12.1. The van der Waals surface area contributed by atoms with E-state index in [4.69, 9.17) is 32.7 Å². The van der Waals surface area contributed by atoms with Gasteiger partial charge in [-0.05, 0) is 47.9 Å². The molecule has 0 radical (unpaired) electrons. The van der Waals surface area contributed by atoms with Gasteiger partial charge in [0.05, 0.1) is 23.8 Å². The Labute approximate surface area is 145 Å². The van der Waals surface area contributed by atoms with E-state index in [1.807, 2.05) is 30.3 Å². The Kier molecular flexibility index (Phi) is 6.08. The number of hydrogen-bond acceptors (Lipinski definition) is 3. The Hall–Kier alpha value is -1.97. The molecule has 5 heteroatoms. The van der Waals surface area contributed by atoms with E-state index in [2.05, 4.69) is 0 Å². The van der Waals surface area contributed by atoms with Gasteiger partial charge in [-0.1, -0.05) is 41.4 Å². The monoisotopic (exact) mass is 350 g/mol. The number of ether oxygens (including phenoxy) is 2. The Bertz CT molecular complexity index is 722. The third-order valence-electron chi connectivity index (χ3n) is 3.18. The van der Waals surface area contributed by atoms with Crippen LogP contribution in [-0.2, 0) is 9.53 Å². The first-order valence-corrected chi connectivity index (χ1v) is 7.79. The van der Waals surface area contributed by atoms with Crippen LogP contribution in [0.25, 0.3) is 5.57 Å². The molecule has 0 amide bonds. The molecule has 0 heterocycles. The summed E-state index contributed by atoms with van der Waals surface area (Å²) in [5.74, 6) is 0.322. The van der Waals surface area contributed by atoms with Crippen molar-refractivity contribution in [2.75, 3.05) is 13.7 Å². The molecule has 2 aromatic carbocycles. The first-order chi connectivity index (χ1) is 11.0. The fourth-order valence-corrected chi connectivity index (χ4v) is 2.37. The van der Waals surface area contributed by atoms with E-state index >= 15 is 0 Å². The summed E-state index contributed by atoms with van der Waals surface area (Å²) in [4.78, 5) is 11.9. The summed E-state index contributed by atoms with van der Waals surface area (Å²) in [6.45, 7) is 2.07. The molecule has 0 aromatic heterocycles. The Morgan fingerprint density at radius 3 is 2.26 bits per heavy atom. The largest absolute Gasteiger partial charge is 0.497 e. The molecule has 0 aliphatic rings. The minimum atomic E-state index is -0.413. The average molecular weight is 351 g/mol. The molecular weight excluding hydrogens is 335 g/mol. The topological polar surface area (TPSA) is 35.5 Å². The van der Waals surface area contributed by atoms with Crippen LogP contribution < -0.4 is 4.74 Å². The summed E-state index contributed by atoms with van der Waals surface area (Å²) in [7, 11) is 1.60. The van der Waals surface area contributed by atoms with Crippen molar-refractivity contribution in [1.82, 2.24) is 0 Å². The number of halogens is 2. The van der Waals surface area contributed by atoms with Crippen LogP contribution in [0.3, 0.4) is 0 Å². The van der Waals surface area contributed by atoms with Gasteiger partial charge in [0, 0.05) is 6.08 Å². The number of rotatable bonds is 5. The quantitative estimate of drug-likeness (QED) is 0.562. The third kappa shape index (κ3) is 4.50. The van der Waals surface area contributed by atoms with Gasteiger partial charge in [0.15, 0.2) is 0 Å². The van der Waals surface area contributed by atoms with Crippen molar-refractivity contribution < 1.29 is 14.3 Å². The van der Waals surface area contributed by atoms with E-state index in [0.29, 0.717) is 22.2 Å². The maximum absolute atomic E-state index is 11.9. The van der Waals surface area contributed by atoms with Gasteiger partial charge in [-0.2, -0.15) is 0 Å². The van der Waals surface area contributed by atoms with Crippen LogP contribution in [-0.4, -0.2) is 19.7 Å². The van der Waals surface area contributed by atoms with Crippen LogP contribution >= 0.6 is 23.2 Å². The normalized spacial score (nSPS) is 11.2. The average Bonchev–Trinajstić information content (AvgIpc) is 2.56. The van der Waals surface area contributed by atoms with Crippen molar-refractivity contribution >= 4 is 34.7 Å². The van der Waals surface area contributed by atoms with Crippen LogP contribution in [0.1, 0.15) is 18.1 Å². The van der Waals surface area contributed by atoms with Crippen molar-refractivity contribution in [2.45, 2.75) is 6.92 Å². The molecule has 0 fully saturated rings. The zero-order valence-electron chi connectivity index (χ0n) is 12.8. The number of esters is 1. The smallest absolute Gasteiger partial charge is 0.331 e. The first kappa shape index (κ1) is 17.4. The predicted octanol–water partition coefficient (Wildman–Crippen LogP) is 5.00. The van der Waals surface area contributed by atoms with Crippen molar-refractivity contribution in [2.24, 2.45) is 0 Å². The highest BCUT2D eigenvalue weighted by Crippen LogP contribution is 2.30. The van der Waals surface area contributed by atoms with Crippen LogP contribution in [0.4, 0.5) is 0 Å². The molecule has 0 N–H and O–H groups in total. The van der Waals surface area contributed by atoms with Crippen LogP contribution in [0.15, 0.2) is 48.5 Å². The molecule has 0 atom stereocenters. The first-order valence-electron chi connectivity index (χ1n) is 7.03. The van der Waals surface area contributed by atoms with Gasteiger partial charge in [-0.25, -0.2) is 4.79 Å². The summed E-state index contributed by atoms with van der Waals surface area (Å²) in [6.07, 6.45) is 1.45. The standard InChI is InChI=1S/C18H16Cl2O3/c1-3-23-18(21)11-15(12-4-7-14(22-2)8-5-12)13-6-9-16(19)17(20)10-13/h4-11H,3H2,1-2H3. The van der Waals surface area contributed by atoms with Gasteiger partial charge in [0.25, 0.3) is 0 Å². The lowest BCUT2D eigenvalue weighted by Gasteiger charge is -2.10. The van der Waals surface area contributed by atoms with E-state index in [1.165, 1.54) is 6.08 Å². The molecule has 2 rings (SSSR count). The van der Waals surface area contributed by atoms with Gasteiger partial charge in [-0.3, -0.25) is 0 Å². The van der Waals surface area contributed by atoms with E-state index in [9.17, 15) is 4.79 Å². The molecule has 2 aromatic rings. The van der Waals surface area contributed by atoms with Crippen LogP contribution in [0.2, 0.25) is 10.0 Å². The van der Waals surface area contributed by atoms with E-state index in [0.717, 1.165) is 16.9 Å². The van der Waals surface area contributed by atoms with Gasteiger partial charge < -0.3 is 9.47 Å². The molecule has 120 valence electrons. The van der Waals surface area contributed by atoms with Crippen LogP contribution in [0.5, 0.6) is 5.75 Å². The Morgan fingerprint density at radius 2 is 1.70 bits per heavy atom. The van der Waals surface area contributed by atoms with Gasteiger partial charge in [0.1, 0.15) is 5.75 Å². The summed E-state index contributed by atoms with van der Waals surface area (Å²) in [6, 6.07) is 12.6. The maximum Gasteiger partial charge on any atom is 0.331 e. The number of carbonyl (C=O) groups excluding carboxylic acids is 1. The second-order valence-electron chi connectivity index (χ2n) is 4.67. The third-order valence-corrected chi connectivity index (χ3v) is 3.92. The lowest BCUT2D eigenvalue weighted by molar-refractivity contribution is -0.137. The molecular formula is C18H16Cl2O3. The predicted molar refractivity (Wildman–Crippen MR) is 93.2 cm³/mol. The molecule has 0 spiro atoms. The van der Waals surface area contributed by atoms with Gasteiger partial charge >= 0.3 is 5.97 Å². The molecule has 0 bridgehead atoms. The van der Waals surface area contributed by atoms with E-state index in [1.54, 1.807) is 26.2 Å². The highest BCUT2D eigenvalue weighted by atomic mass is 35.5. The highest BCUT2D eigenvalue weighted by molar-refractivity contribution is 6.42. The lowest BCUT2D eigenvalue weighted by Crippen LogP contribution is -2.02. The van der Waals surface area contributed by atoms with Crippen molar-refractivity contribution in [3.63, 3.8) is 0 Å². The number of methoxy groups -OCH3 is 1. The number of hydrogen-bond donors (Lipinski definition) is 0. The maximum atomic E-state index is 11.9. The molecule has 0 aliphatic carbocycles. The SMILES string of the molecule is CCOC(=O)C=C(c1ccc(OC)cc1)c1ccc(Cl)c(Cl)c1. The van der Waals surface area contributed by atoms with E-state index < -0.39 is 5.97 Å². The van der Waals surface area contributed by atoms with Crippen molar-refractivity contribution in [1.29, 1.82) is 0 Å². The molecule has 0 saturated carbocycles. The minimum absolute atomic E-state index is 0.312. The van der Waals surface area contributed by atoms with E-state index in [-0.39, 0.29) is 0 Å². The lowest BCUT2D eigenvalue weighted by atomic mass is 9.97. The Morgan fingerprint density at radius 1 is 1.04 bits per heavy atom.